The minimum absolute atomic E-state index is 0.658. The maximum absolute atomic E-state index is 3.87. The molecule has 4 unspecified atom stereocenters. The molecule has 0 spiro atoms. The van der Waals surface area contributed by atoms with E-state index >= 15 is 0 Å². The highest BCUT2D eigenvalue weighted by Crippen LogP contribution is 2.36. The molecule has 0 aromatic carbocycles. The molecule has 4 atom stereocenters. The van der Waals surface area contributed by atoms with Crippen LogP contribution in [0.1, 0.15) is 46.5 Å². The van der Waals surface area contributed by atoms with Crippen LogP contribution in [-0.4, -0.2) is 62.2 Å². The summed E-state index contributed by atoms with van der Waals surface area (Å²) < 4.78 is 0. The maximum Gasteiger partial charge on any atom is 0.0376 e. The molecule has 2 fully saturated rings. The first kappa shape index (κ1) is 17.2. The molecule has 3 heteroatoms. The Balaban J connectivity index is 2.11. The second kappa shape index (κ2) is 7.94. The predicted molar refractivity (Wildman–Crippen MR) is 91.7 cm³/mol. The Kier molecular flexibility index (Phi) is 6.51. The van der Waals surface area contributed by atoms with Crippen molar-refractivity contribution < 1.29 is 0 Å². The molecule has 2 rings (SSSR count). The van der Waals surface area contributed by atoms with Crippen LogP contribution in [0.15, 0.2) is 0 Å². The van der Waals surface area contributed by atoms with Gasteiger partial charge in [0.1, 0.15) is 0 Å². The molecule has 0 amide bonds. The average Bonchev–Trinajstić information content (AvgIpc) is 2.56. The van der Waals surface area contributed by atoms with Crippen LogP contribution in [0.4, 0.5) is 0 Å². The summed E-state index contributed by atoms with van der Waals surface area (Å²) in [6.45, 7) is 12.0. The highest BCUT2D eigenvalue weighted by molar-refractivity contribution is 4.94. The van der Waals surface area contributed by atoms with Crippen molar-refractivity contribution in [2.24, 2.45) is 17.8 Å². The number of likely N-dealkylation sites (N-methyl/N-ethyl adjacent to an activating group) is 3. The lowest BCUT2D eigenvalue weighted by Gasteiger charge is -2.43. The first-order valence-corrected chi connectivity index (χ1v) is 9.13. The lowest BCUT2D eigenvalue weighted by Crippen LogP contribution is -2.56. The molecule has 2 aliphatic rings. The van der Waals surface area contributed by atoms with Gasteiger partial charge in [0.2, 0.25) is 0 Å². The zero-order chi connectivity index (χ0) is 15.4. The van der Waals surface area contributed by atoms with Gasteiger partial charge in [-0.05, 0) is 77.2 Å². The smallest absolute Gasteiger partial charge is 0.0376 e. The van der Waals surface area contributed by atoms with E-state index in [0.717, 1.165) is 24.3 Å². The molecule has 1 aliphatic carbocycles. The van der Waals surface area contributed by atoms with E-state index in [1.165, 1.54) is 45.3 Å². The normalized spacial score (nSPS) is 38.1. The van der Waals surface area contributed by atoms with Gasteiger partial charge in [-0.2, -0.15) is 0 Å². The quantitative estimate of drug-likeness (QED) is 0.860. The van der Waals surface area contributed by atoms with E-state index in [4.69, 9.17) is 0 Å². The Morgan fingerprint density at radius 1 is 1.05 bits per heavy atom. The van der Waals surface area contributed by atoms with Crippen molar-refractivity contribution in [3.63, 3.8) is 0 Å². The zero-order valence-corrected chi connectivity index (χ0v) is 14.9. The molecule has 3 nitrogen and oxygen atoms in total. The van der Waals surface area contributed by atoms with Crippen LogP contribution < -0.4 is 5.32 Å². The average molecular weight is 296 g/mol. The van der Waals surface area contributed by atoms with Crippen LogP contribution in [0.3, 0.4) is 0 Å². The van der Waals surface area contributed by atoms with Crippen LogP contribution >= 0.6 is 0 Å². The maximum atomic E-state index is 3.87. The van der Waals surface area contributed by atoms with Crippen molar-refractivity contribution in [2.45, 2.75) is 58.5 Å². The number of hydrogen-bond donors (Lipinski definition) is 1. The van der Waals surface area contributed by atoms with E-state index in [1.54, 1.807) is 0 Å². The fraction of sp³-hybridized carbons (Fsp3) is 1.00. The van der Waals surface area contributed by atoms with Gasteiger partial charge in [0.05, 0.1) is 0 Å². The highest BCUT2D eigenvalue weighted by Gasteiger charge is 2.36. The molecule has 1 aliphatic heterocycles. The first-order valence-electron chi connectivity index (χ1n) is 9.13. The largest absolute Gasteiger partial charge is 0.312 e. The fourth-order valence-corrected chi connectivity index (χ4v) is 4.85. The molecular formula is C18H37N3. The lowest BCUT2D eigenvalue weighted by molar-refractivity contribution is 0.0996. The van der Waals surface area contributed by atoms with E-state index in [0.29, 0.717) is 12.1 Å². The van der Waals surface area contributed by atoms with Crippen LogP contribution in [0.25, 0.3) is 0 Å². The molecule has 1 heterocycles. The van der Waals surface area contributed by atoms with Crippen molar-refractivity contribution in [1.29, 1.82) is 0 Å². The summed E-state index contributed by atoms with van der Waals surface area (Å²) >= 11 is 0. The topological polar surface area (TPSA) is 18.5 Å². The Morgan fingerprint density at radius 2 is 1.71 bits per heavy atom. The van der Waals surface area contributed by atoms with Crippen molar-refractivity contribution in [3.8, 4) is 0 Å². The van der Waals surface area contributed by atoms with Crippen LogP contribution in [0.2, 0.25) is 0 Å². The third kappa shape index (κ3) is 4.67. The summed E-state index contributed by atoms with van der Waals surface area (Å²) in [6, 6.07) is 1.32. The van der Waals surface area contributed by atoms with E-state index in [-0.39, 0.29) is 0 Å². The van der Waals surface area contributed by atoms with E-state index in [9.17, 15) is 0 Å². The Hall–Kier alpha value is -0.120. The van der Waals surface area contributed by atoms with Crippen LogP contribution in [0.5, 0.6) is 0 Å². The standard InChI is InChI=1S/C18H37N3/c1-6-19-18(16-11-14(2)10-15(3)12-16)17-13-20(4)8-7-9-21(17)5/h14-19H,6-13H2,1-5H3. The summed E-state index contributed by atoms with van der Waals surface area (Å²) in [5.41, 5.74) is 0. The Bertz CT molecular complexity index is 297. The van der Waals surface area contributed by atoms with Gasteiger partial charge >= 0.3 is 0 Å². The number of nitrogens with zero attached hydrogens (tertiary/aromatic N) is 2. The predicted octanol–water partition coefficient (Wildman–Crippen LogP) is 2.67. The van der Waals surface area contributed by atoms with Gasteiger partial charge in [-0.1, -0.05) is 20.8 Å². The highest BCUT2D eigenvalue weighted by atomic mass is 15.2. The molecule has 0 radical (unpaired) electrons. The number of hydrogen-bond acceptors (Lipinski definition) is 3. The van der Waals surface area contributed by atoms with Gasteiger partial charge in [-0.25, -0.2) is 0 Å². The van der Waals surface area contributed by atoms with Crippen molar-refractivity contribution >= 4 is 0 Å². The summed E-state index contributed by atoms with van der Waals surface area (Å²) in [5.74, 6) is 2.64. The van der Waals surface area contributed by atoms with Gasteiger partial charge < -0.3 is 15.1 Å². The van der Waals surface area contributed by atoms with E-state index in [2.05, 4.69) is 50.0 Å². The zero-order valence-electron chi connectivity index (χ0n) is 14.9. The van der Waals surface area contributed by atoms with Gasteiger partial charge in [0.15, 0.2) is 0 Å². The molecule has 1 N–H and O–H groups in total. The van der Waals surface area contributed by atoms with Gasteiger partial charge in [0, 0.05) is 18.6 Å². The number of nitrogens with one attached hydrogen (secondary N) is 1. The molecule has 0 aromatic rings. The third-order valence-corrected chi connectivity index (χ3v) is 5.69. The molecule has 0 aromatic heterocycles. The summed E-state index contributed by atoms with van der Waals surface area (Å²) in [7, 11) is 4.63. The first-order chi connectivity index (χ1) is 10.0. The Labute approximate surface area is 132 Å². The van der Waals surface area contributed by atoms with E-state index in [1.807, 2.05) is 0 Å². The van der Waals surface area contributed by atoms with Crippen LogP contribution in [-0.2, 0) is 0 Å². The fourth-order valence-electron chi connectivity index (χ4n) is 4.85. The SMILES string of the molecule is CCNC(C1CC(C)CC(C)C1)C1CN(C)CCCN1C. The molecule has 124 valence electrons. The van der Waals surface area contributed by atoms with Gasteiger partial charge in [-0.3, -0.25) is 0 Å². The molecule has 0 bridgehead atoms. The lowest BCUT2D eigenvalue weighted by atomic mass is 9.72. The minimum Gasteiger partial charge on any atom is -0.312 e. The monoisotopic (exact) mass is 295 g/mol. The van der Waals surface area contributed by atoms with Crippen LogP contribution in [0, 0.1) is 17.8 Å². The van der Waals surface area contributed by atoms with Gasteiger partial charge in [0.25, 0.3) is 0 Å². The number of rotatable bonds is 4. The van der Waals surface area contributed by atoms with Crippen molar-refractivity contribution in [2.75, 3.05) is 40.3 Å². The van der Waals surface area contributed by atoms with Crippen molar-refractivity contribution in [3.05, 3.63) is 0 Å². The minimum atomic E-state index is 0.658. The van der Waals surface area contributed by atoms with Gasteiger partial charge in [-0.15, -0.1) is 0 Å². The summed E-state index contributed by atoms with van der Waals surface area (Å²) in [5, 5.41) is 3.87. The van der Waals surface area contributed by atoms with Crippen molar-refractivity contribution in [1.82, 2.24) is 15.1 Å². The summed E-state index contributed by atoms with van der Waals surface area (Å²) in [6.07, 6.45) is 5.56. The summed E-state index contributed by atoms with van der Waals surface area (Å²) in [4.78, 5) is 5.16. The molecule has 1 saturated heterocycles. The second-order valence-corrected chi connectivity index (χ2v) is 7.92. The Morgan fingerprint density at radius 3 is 2.33 bits per heavy atom. The molecular weight excluding hydrogens is 258 g/mol. The van der Waals surface area contributed by atoms with E-state index < -0.39 is 0 Å². The molecule has 21 heavy (non-hydrogen) atoms. The third-order valence-electron chi connectivity index (χ3n) is 5.69. The molecule has 1 saturated carbocycles. The second-order valence-electron chi connectivity index (χ2n) is 7.92.